The summed E-state index contributed by atoms with van der Waals surface area (Å²) in [5.74, 6) is -0.0460. The zero-order valence-electron chi connectivity index (χ0n) is 16.3. The number of ether oxygens (including phenoxy) is 2. The Morgan fingerprint density at radius 1 is 1.17 bits per heavy atom. The molecule has 1 aromatic carbocycles. The largest absolute Gasteiger partial charge is 0.435 e. The summed E-state index contributed by atoms with van der Waals surface area (Å²) in [6.07, 6.45) is 5.36. The molecular weight excluding hydrogens is 402 g/mol. The third-order valence-electron chi connectivity index (χ3n) is 6.92. The second-order valence-electron chi connectivity index (χ2n) is 9.25. The van der Waals surface area contributed by atoms with Crippen molar-refractivity contribution in [3.63, 3.8) is 0 Å². The molecule has 2 atom stereocenters. The minimum Gasteiger partial charge on any atom is -0.435 e. The summed E-state index contributed by atoms with van der Waals surface area (Å²) in [6.45, 7) is -0.0426. The van der Waals surface area contributed by atoms with E-state index < -0.39 is 16.6 Å². The third-order valence-corrected chi connectivity index (χ3v) is 8.94. The number of rotatable bonds is 6. The van der Waals surface area contributed by atoms with Gasteiger partial charge in [0.25, 0.3) is 0 Å². The van der Waals surface area contributed by atoms with Crippen molar-refractivity contribution < 1.29 is 26.7 Å². The molecule has 6 rings (SSSR count). The maximum atomic E-state index is 13.2. The van der Waals surface area contributed by atoms with Gasteiger partial charge in [0.05, 0.1) is 17.1 Å². The van der Waals surface area contributed by atoms with Gasteiger partial charge in [0.15, 0.2) is 0 Å². The lowest BCUT2D eigenvalue weighted by atomic mass is 9.69. The topological polar surface area (TPSA) is 67.9 Å². The van der Waals surface area contributed by atoms with Crippen molar-refractivity contribution in [2.24, 2.45) is 0 Å². The molecule has 1 aromatic rings. The molecular formula is C20H26F2N2O4S. The van der Waals surface area contributed by atoms with E-state index in [1.165, 1.54) is 24.3 Å². The molecule has 5 fully saturated rings. The van der Waals surface area contributed by atoms with Gasteiger partial charge in [-0.25, -0.2) is 8.42 Å². The van der Waals surface area contributed by atoms with E-state index in [1.54, 1.807) is 4.31 Å². The summed E-state index contributed by atoms with van der Waals surface area (Å²) in [7, 11) is -3.67. The van der Waals surface area contributed by atoms with Gasteiger partial charge in [-0.1, -0.05) is 0 Å². The fraction of sp³-hybridized carbons (Fsp3) is 0.700. The van der Waals surface area contributed by atoms with Crippen LogP contribution in [0.4, 0.5) is 8.78 Å². The lowest BCUT2D eigenvalue weighted by Gasteiger charge is -2.47. The molecule has 160 valence electrons. The summed E-state index contributed by atoms with van der Waals surface area (Å²) in [5, 5.41) is 3.79. The highest BCUT2D eigenvalue weighted by atomic mass is 32.2. The Morgan fingerprint density at radius 3 is 2.31 bits per heavy atom. The smallest absolute Gasteiger partial charge is 0.387 e. The van der Waals surface area contributed by atoms with Crippen molar-refractivity contribution in [2.45, 2.75) is 86.2 Å². The van der Waals surface area contributed by atoms with E-state index in [0.29, 0.717) is 6.04 Å². The van der Waals surface area contributed by atoms with E-state index >= 15 is 0 Å². The summed E-state index contributed by atoms with van der Waals surface area (Å²) in [5.41, 5.74) is 0.0939. The van der Waals surface area contributed by atoms with Crippen LogP contribution in [-0.2, 0) is 14.8 Å². The van der Waals surface area contributed by atoms with Crippen molar-refractivity contribution in [3.8, 4) is 5.75 Å². The van der Waals surface area contributed by atoms with Gasteiger partial charge in [-0.3, -0.25) is 0 Å². The number of benzene rings is 1. The number of nitrogens with one attached hydrogen (secondary N) is 1. The average Bonchev–Trinajstić information content (AvgIpc) is 3.21. The fourth-order valence-corrected chi connectivity index (χ4v) is 7.92. The van der Waals surface area contributed by atoms with Crippen LogP contribution in [-0.4, -0.2) is 55.2 Å². The fourth-order valence-electron chi connectivity index (χ4n) is 6.03. The first-order chi connectivity index (χ1) is 13.7. The minimum atomic E-state index is -3.67. The molecule has 4 aliphatic heterocycles. The Balaban J connectivity index is 1.28. The molecule has 1 aliphatic carbocycles. The molecule has 0 aromatic heterocycles. The standard InChI is InChI=1S/C20H26F2N2O4S/c1-19-10-20(11-19,12-27-19)23-13-8-14-2-3-15(9-13)24(14)29(25,26)17-6-4-16(5-7-17)28-18(21)22/h4-7,13-15,18,23H,2-3,8-12H2,1H3. The highest BCUT2D eigenvalue weighted by molar-refractivity contribution is 7.89. The molecule has 6 nitrogen and oxygen atoms in total. The maximum absolute atomic E-state index is 13.2. The lowest BCUT2D eigenvalue weighted by molar-refractivity contribution is -0.0498. The normalized spacial score (nSPS) is 39.0. The van der Waals surface area contributed by atoms with Crippen LogP contribution in [0, 0.1) is 0 Å². The van der Waals surface area contributed by atoms with Crippen molar-refractivity contribution in [1.29, 1.82) is 0 Å². The first kappa shape index (κ1) is 19.7. The molecule has 4 saturated heterocycles. The van der Waals surface area contributed by atoms with E-state index in [4.69, 9.17) is 4.74 Å². The Labute approximate surface area is 169 Å². The van der Waals surface area contributed by atoms with E-state index in [0.717, 1.165) is 45.1 Å². The molecule has 1 saturated carbocycles. The van der Waals surface area contributed by atoms with Crippen molar-refractivity contribution in [1.82, 2.24) is 9.62 Å². The number of alkyl halides is 2. The highest BCUT2D eigenvalue weighted by Crippen LogP contribution is 2.52. The molecule has 0 radical (unpaired) electrons. The Bertz CT molecular complexity index is 872. The highest BCUT2D eigenvalue weighted by Gasteiger charge is 2.61. The molecule has 4 heterocycles. The second-order valence-corrected chi connectivity index (χ2v) is 11.1. The zero-order valence-corrected chi connectivity index (χ0v) is 17.1. The first-order valence-corrected chi connectivity index (χ1v) is 11.6. The molecule has 1 N–H and O–H groups in total. The van der Waals surface area contributed by atoms with Crippen LogP contribution in [0.5, 0.6) is 5.75 Å². The van der Waals surface area contributed by atoms with Gasteiger partial charge in [-0.05, 0) is 69.7 Å². The molecule has 4 bridgehead atoms. The SMILES string of the molecule is CC12CC(NC3CC4CCC(C3)N4S(=O)(=O)c3ccc(OC(F)F)cc3)(CO1)C2. The van der Waals surface area contributed by atoms with Gasteiger partial charge in [0.2, 0.25) is 10.0 Å². The van der Waals surface area contributed by atoms with Crippen LogP contribution >= 0.6 is 0 Å². The van der Waals surface area contributed by atoms with Gasteiger partial charge < -0.3 is 14.8 Å². The maximum Gasteiger partial charge on any atom is 0.387 e. The quantitative estimate of drug-likeness (QED) is 0.755. The third kappa shape index (κ3) is 3.36. The van der Waals surface area contributed by atoms with Gasteiger partial charge >= 0.3 is 6.61 Å². The number of piperidine rings is 1. The summed E-state index contributed by atoms with van der Waals surface area (Å²) >= 11 is 0. The summed E-state index contributed by atoms with van der Waals surface area (Å²) < 4.78 is 63.0. The molecule has 29 heavy (non-hydrogen) atoms. The van der Waals surface area contributed by atoms with Crippen LogP contribution in [0.15, 0.2) is 29.2 Å². The number of hydrogen-bond acceptors (Lipinski definition) is 5. The van der Waals surface area contributed by atoms with Gasteiger partial charge in [-0.2, -0.15) is 13.1 Å². The van der Waals surface area contributed by atoms with E-state index in [-0.39, 0.29) is 33.9 Å². The monoisotopic (exact) mass is 428 g/mol. The van der Waals surface area contributed by atoms with Crippen molar-refractivity contribution in [3.05, 3.63) is 24.3 Å². The van der Waals surface area contributed by atoms with Crippen molar-refractivity contribution in [2.75, 3.05) is 6.61 Å². The average molecular weight is 429 g/mol. The number of fused-ring (bicyclic) bond motifs is 3. The van der Waals surface area contributed by atoms with E-state index in [1.807, 2.05) is 0 Å². The first-order valence-electron chi connectivity index (χ1n) is 10.2. The summed E-state index contributed by atoms with van der Waals surface area (Å²) in [6, 6.07) is 5.50. The van der Waals surface area contributed by atoms with Gasteiger partial charge in [0, 0.05) is 23.7 Å². The molecule has 2 unspecified atom stereocenters. The van der Waals surface area contributed by atoms with E-state index in [2.05, 4.69) is 17.0 Å². The molecule has 0 spiro atoms. The van der Waals surface area contributed by atoms with Gasteiger partial charge in [0.1, 0.15) is 5.75 Å². The molecule has 5 aliphatic rings. The number of sulfonamides is 1. The predicted octanol–water partition coefficient (Wildman–Crippen LogP) is 2.88. The Morgan fingerprint density at radius 2 is 1.79 bits per heavy atom. The van der Waals surface area contributed by atoms with Crippen LogP contribution in [0.3, 0.4) is 0 Å². The Kier molecular flexibility index (Phi) is 4.48. The van der Waals surface area contributed by atoms with E-state index in [9.17, 15) is 17.2 Å². The number of halogens is 2. The number of nitrogens with zero attached hydrogens (tertiary/aromatic N) is 1. The lowest BCUT2D eigenvalue weighted by Crippen LogP contribution is -2.62. The second kappa shape index (κ2) is 6.60. The van der Waals surface area contributed by atoms with Crippen LogP contribution in [0.1, 0.15) is 45.4 Å². The zero-order chi connectivity index (χ0) is 20.4. The minimum absolute atomic E-state index is 0.0240. The van der Waals surface area contributed by atoms with Crippen LogP contribution in [0.2, 0.25) is 0 Å². The predicted molar refractivity (Wildman–Crippen MR) is 101 cm³/mol. The van der Waals surface area contributed by atoms with Gasteiger partial charge in [-0.15, -0.1) is 0 Å². The molecule has 0 amide bonds. The molecule has 9 heteroatoms. The van der Waals surface area contributed by atoms with Crippen LogP contribution < -0.4 is 10.1 Å². The Hall–Kier alpha value is -1.29. The van der Waals surface area contributed by atoms with Crippen LogP contribution in [0.25, 0.3) is 0 Å². The summed E-state index contributed by atoms with van der Waals surface area (Å²) in [4.78, 5) is 0.125. The number of hydrogen-bond donors (Lipinski definition) is 1. The van der Waals surface area contributed by atoms with Crippen molar-refractivity contribution >= 4 is 10.0 Å².